The van der Waals surface area contributed by atoms with E-state index in [1.807, 2.05) is 0 Å². The summed E-state index contributed by atoms with van der Waals surface area (Å²) in [6.45, 7) is 0.165. The van der Waals surface area contributed by atoms with Gasteiger partial charge in [-0.3, -0.25) is 14.4 Å². The molecule has 0 bridgehead atoms. The SMILES string of the molecule is COC(=O)C1CN(C=O)CC1=O. The Morgan fingerprint density at radius 3 is 2.83 bits per heavy atom. The molecule has 1 saturated heterocycles. The number of rotatable bonds is 2. The van der Waals surface area contributed by atoms with Crippen molar-refractivity contribution in [3.05, 3.63) is 0 Å². The van der Waals surface area contributed by atoms with Crippen LogP contribution in [0.5, 0.6) is 0 Å². The van der Waals surface area contributed by atoms with Gasteiger partial charge in [0.1, 0.15) is 5.92 Å². The standard InChI is InChI=1S/C7H9NO4/c1-12-7(11)5-2-8(4-9)3-6(5)10/h4-5H,2-3H2,1H3. The molecule has 0 radical (unpaired) electrons. The summed E-state index contributed by atoms with van der Waals surface area (Å²) >= 11 is 0. The summed E-state index contributed by atoms with van der Waals surface area (Å²) in [5, 5.41) is 0. The number of amides is 1. The number of nitrogens with zero attached hydrogens (tertiary/aromatic N) is 1. The van der Waals surface area contributed by atoms with Crippen molar-refractivity contribution in [3.63, 3.8) is 0 Å². The third-order valence-electron chi connectivity index (χ3n) is 1.80. The van der Waals surface area contributed by atoms with Gasteiger partial charge in [-0.05, 0) is 0 Å². The average Bonchev–Trinajstić information content (AvgIpc) is 2.45. The van der Waals surface area contributed by atoms with Crippen LogP contribution in [0.1, 0.15) is 0 Å². The van der Waals surface area contributed by atoms with Crippen LogP contribution in [0.4, 0.5) is 0 Å². The van der Waals surface area contributed by atoms with Gasteiger partial charge in [0.2, 0.25) is 6.41 Å². The van der Waals surface area contributed by atoms with Crippen molar-refractivity contribution in [2.75, 3.05) is 20.2 Å². The monoisotopic (exact) mass is 171 g/mol. The van der Waals surface area contributed by atoms with Gasteiger partial charge < -0.3 is 9.64 Å². The van der Waals surface area contributed by atoms with Crippen LogP contribution in [-0.4, -0.2) is 43.3 Å². The van der Waals surface area contributed by atoms with Crippen molar-refractivity contribution in [2.24, 2.45) is 5.92 Å². The van der Waals surface area contributed by atoms with E-state index in [0.29, 0.717) is 6.41 Å². The van der Waals surface area contributed by atoms with Crippen molar-refractivity contribution in [1.29, 1.82) is 0 Å². The minimum atomic E-state index is -0.778. The number of hydrogen-bond acceptors (Lipinski definition) is 4. The van der Waals surface area contributed by atoms with E-state index in [-0.39, 0.29) is 18.9 Å². The fourth-order valence-electron chi connectivity index (χ4n) is 1.14. The Morgan fingerprint density at radius 2 is 2.42 bits per heavy atom. The third-order valence-corrected chi connectivity index (χ3v) is 1.80. The maximum absolute atomic E-state index is 11.0. The number of methoxy groups -OCH3 is 1. The summed E-state index contributed by atoms with van der Waals surface area (Å²) in [7, 11) is 1.22. The Morgan fingerprint density at radius 1 is 1.75 bits per heavy atom. The molecule has 1 fully saturated rings. The van der Waals surface area contributed by atoms with Crippen LogP contribution in [0.3, 0.4) is 0 Å². The second-order valence-electron chi connectivity index (χ2n) is 2.58. The zero-order chi connectivity index (χ0) is 9.14. The van der Waals surface area contributed by atoms with Crippen molar-refractivity contribution >= 4 is 18.2 Å². The van der Waals surface area contributed by atoms with E-state index in [0.717, 1.165) is 0 Å². The molecule has 1 aliphatic heterocycles. The number of ether oxygens (including phenoxy) is 1. The Kier molecular flexibility index (Phi) is 2.42. The molecule has 0 aromatic carbocycles. The highest BCUT2D eigenvalue weighted by molar-refractivity contribution is 6.02. The van der Waals surface area contributed by atoms with Crippen LogP contribution in [0.15, 0.2) is 0 Å². The lowest BCUT2D eigenvalue weighted by Gasteiger charge is -2.06. The maximum Gasteiger partial charge on any atom is 0.318 e. The molecular formula is C7H9NO4. The number of carbonyl (C=O) groups is 3. The molecule has 12 heavy (non-hydrogen) atoms. The first-order valence-electron chi connectivity index (χ1n) is 3.49. The molecule has 66 valence electrons. The zero-order valence-electron chi connectivity index (χ0n) is 6.65. The molecular weight excluding hydrogens is 162 g/mol. The van der Waals surface area contributed by atoms with E-state index >= 15 is 0 Å². The zero-order valence-corrected chi connectivity index (χ0v) is 6.65. The lowest BCUT2D eigenvalue weighted by Crippen LogP contribution is -2.24. The van der Waals surface area contributed by atoms with Crippen molar-refractivity contribution in [1.82, 2.24) is 4.90 Å². The molecule has 1 aliphatic rings. The number of hydrogen-bond donors (Lipinski definition) is 0. The number of esters is 1. The number of likely N-dealkylation sites (tertiary alicyclic amines) is 1. The van der Waals surface area contributed by atoms with Gasteiger partial charge in [-0.2, -0.15) is 0 Å². The van der Waals surface area contributed by atoms with Crippen LogP contribution >= 0.6 is 0 Å². The number of Topliss-reactive ketones (excluding diaryl/α,β-unsaturated/α-hetero) is 1. The van der Waals surface area contributed by atoms with Crippen LogP contribution in [-0.2, 0) is 19.1 Å². The predicted octanol–water partition coefficient (Wildman–Crippen LogP) is -1.18. The first-order chi connectivity index (χ1) is 5.69. The van der Waals surface area contributed by atoms with Gasteiger partial charge in [0.15, 0.2) is 5.78 Å². The molecule has 1 atom stereocenters. The molecule has 0 spiro atoms. The lowest BCUT2D eigenvalue weighted by atomic mass is 10.1. The summed E-state index contributed by atoms with van der Waals surface area (Å²) < 4.78 is 4.40. The number of carbonyl (C=O) groups excluding carboxylic acids is 3. The minimum Gasteiger partial charge on any atom is -0.468 e. The predicted molar refractivity (Wildman–Crippen MR) is 38.2 cm³/mol. The molecule has 0 aromatic rings. The van der Waals surface area contributed by atoms with E-state index in [4.69, 9.17) is 0 Å². The Hall–Kier alpha value is -1.39. The van der Waals surface area contributed by atoms with Gasteiger partial charge in [0.05, 0.1) is 13.7 Å². The third kappa shape index (κ3) is 1.44. The Balaban J connectivity index is 2.63. The second kappa shape index (κ2) is 3.34. The molecule has 1 heterocycles. The van der Waals surface area contributed by atoms with Gasteiger partial charge in [-0.25, -0.2) is 0 Å². The van der Waals surface area contributed by atoms with Gasteiger partial charge in [-0.15, -0.1) is 0 Å². The van der Waals surface area contributed by atoms with E-state index < -0.39 is 11.9 Å². The maximum atomic E-state index is 11.0. The molecule has 5 heteroatoms. The van der Waals surface area contributed by atoms with Crippen molar-refractivity contribution in [2.45, 2.75) is 0 Å². The quantitative estimate of drug-likeness (QED) is 0.298. The summed E-state index contributed by atoms with van der Waals surface area (Å²) in [4.78, 5) is 33.4. The lowest BCUT2D eigenvalue weighted by molar-refractivity contribution is -0.147. The first-order valence-corrected chi connectivity index (χ1v) is 3.49. The summed E-state index contributed by atoms with van der Waals surface area (Å²) in [6, 6.07) is 0. The fourth-order valence-corrected chi connectivity index (χ4v) is 1.14. The van der Waals surface area contributed by atoms with Crippen molar-refractivity contribution in [3.8, 4) is 0 Å². The highest BCUT2D eigenvalue weighted by Gasteiger charge is 2.36. The molecule has 1 rings (SSSR count). The molecule has 5 nitrogen and oxygen atoms in total. The number of ketones is 1. The van der Waals surface area contributed by atoms with Gasteiger partial charge in [0.25, 0.3) is 0 Å². The molecule has 0 aromatic heterocycles. The van der Waals surface area contributed by atoms with Crippen LogP contribution in [0.2, 0.25) is 0 Å². The van der Waals surface area contributed by atoms with Crippen molar-refractivity contribution < 1.29 is 19.1 Å². The summed E-state index contributed by atoms with van der Waals surface area (Å²) in [5.41, 5.74) is 0. The molecule has 0 N–H and O–H groups in total. The van der Waals surface area contributed by atoms with Gasteiger partial charge >= 0.3 is 5.97 Å². The topological polar surface area (TPSA) is 63.7 Å². The molecule has 0 saturated carbocycles. The largest absolute Gasteiger partial charge is 0.468 e. The van der Waals surface area contributed by atoms with E-state index in [1.165, 1.54) is 12.0 Å². The molecule has 1 unspecified atom stereocenters. The van der Waals surface area contributed by atoms with E-state index in [1.54, 1.807) is 0 Å². The minimum absolute atomic E-state index is 0.0171. The van der Waals surface area contributed by atoms with E-state index in [9.17, 15) is 14.4 Å². The average molecular weight is 171 g/mol. The van der Waals surface area contributed by atoms with Crippen LogP contribution in [0.25, 0.3) is 0 Å². The molecule has 1 amide bonds. The fraction of sp³-hybridized carbons (Fsp3) is 0.571. The Labute approximate surface area is 69.3 Å². The Bertz CT molecular complexity index is 225. The normalized spacial score (nSPS) is 22.6. The second-order valence-corrected chi connectivity index (χ2v) is 2.58. The van der Waals surface area contributed by atoms with Gasteiger partial charge in [0, 0.05) is 6.54 Å². The summed E-state index contributed by atoms with van der Waals surface area (Å²) in [5.74, 6) is -1.60. The highest BCUT2D eigenvalue weighted by atomic mass is 16.5. The summed E-state index contributed by atoms with van der Waals surface area (Å²) in [6.07, 6.45) is 0.556. The van der Waals surface area contributed by atoms with Gasteiger partial charge in [-0.1, -0.05) is 0 Å². The highest BCUT2D eigenvalue weighted by Crippen LogP contribution is 2.11. The first kappa shape index (κ1) is 8.70. The van der Waals surface area contributed by atoms with E-state index in [2.05, 4.69) is 4.74 Å². The smallest absolute Gasteiger partial charge is 0.318 e. The van der Waals surface area contributed by atoms with Crippen LogP contribution < -0.4 is 0 Å². The van der Waals surface area contributed by atoms with Crippen LogP contribution in [0, 0.1) is 5.92 Å². The molecule has 0 aliphatic carbocycles.